The largest absolute Gasteiger partial charge is 0.334 e. The summed E-state index contributed by atoms with van der Waals surface area (Å²) in [6.45, 7) is 4.84. The first kappa shape index (κ1) is 14.0. The number of amides is 1. The summed E-state index contributed by atoms with van der Waals surface area (Å²) in [5.74, 6) is 0.119. The van der Waals surface area contributed by atoms with Crippen LogP contribution in [0.4, 0.5) is 0 Å². The summed E-state index contributed by atoms with van der Waals surface area (Å²) in [5, 5.41) is 0. The molecule has 1 aromatic rings. The number of thiophene rings is 1. The third-order valence-corrected chi connectivity index (χ3v) is 5.21. The molecule has 1 aliphatic heterocycles. The molecule has 1 aliphatic rings. The van der Waals surface area contributed by atoms with E-state index < -0.39 is 0 Å². The van der Waals surface area contributed by atoms with Gasteiger partial charge >= 0.3 is 0 Å². The van der Waals surface area contributed by atoms with Crippen LogP contribution in [0.25, 0.3) is 0 Å². The predicted molar refractivity (Wildman–Crippen MR) is 79.1 cm³/mol. The van der Waals surface area contributed by atoms with Crippen LogP contribution in [0.2, 0.25) is 0 Å². The highest BCUT2D eigenvalue weighted by Gasteiger charge is 2.31. The zero-order valence-electron chi connectivity index (χ0n) is 10.8. The summed E-state index contributed by atoms with van der Waals surface area (Å²) < 4.78 is 0.930. The number of hydrogen-bond acceptors (Lipinski definition) is 3. The van der Waals surface area contributed by atoms with Gasteiger partial charge in [0.25, 0.3) is 5.91 Å². The van der Waals surface area contributed by atoms with E-state index in [1.807, 2.05) is 24.8 Å². The molecule has 18 heavy (non-hydrogen) atoms. The molecule has 1 fully saturated rings. The highest BCUT2D eigenvalue weighted by atomic mass is 79.9. The number of nitrogens with zero attached hydrogens (tertiary/aromatic N) is 1. The molecule has 1 amide bonds. The highest BCUT2D eigenvalue weighted by Crippen LogP contribution is 2.30. The van der Waals surface area contributed by atoms with Gasteiger partial charge in [-0.1, -0.05) is 0 Å². The average molecular weight is 331 g/mol. The molecule has 0 aromatic carbocycles. The van der Waals surface area contributed by atoms with Gasteiger partial charge in [0, 0.05) is 23.5 Å². The lowest BCUT2D eigenvalue weighted by Gasteiger charge is -2.38. The maximum absolute atomic E-state index is 12.6. The van der Waals surface area contributed by atoms with Crippen molar-refractivity contribution in [2.45, 2.75) is 45.2 Å². The number of rotatable bonds is 2. The topological polar surface area (TPSA) is 46.3 Å². The van der Waals surface area contributed by atoms with Crippen molar-refractivity contribution >= 4 is 33.2 Å². The molecule has 3 nitrogen and oxygen atoms in total. The van der Waals surface area contributed by atoms with Gasteiger partial charge in [0.2, 0.25) is 0 Å². The minimum Gasteiger partial charge on any atom is -0.334 e. The Morgan fingerprint density at radius 2 is 2.33 bits per heavy atom. The standard InChI is InChI=1S/C13H19BrN2OS/c1-8-7-10(12(14)18-8)13(17)16-6-4-3-5-11(16)9(2)15/h7,9,11H,3-6,15H2,1-2H3. The van der Waals surface area contributed by atoms with Gasteiger partial charge in [0.05, 0.1) is 9.35 Å². The number of halogens is 1. The van der Waals surface area contributed by atoms with Crippen molar-refractivity contribution in [1.29, 1.82) is 0 Å². The number of hydrogen-bond donors (Lipinski definition) is 1. The van der Waals surface area contributed by atoms with Gasteiger partial charge in [-0.25, -0.2) is 0 Å². The summed E-state index contributed by atoms with van der Waals surface area (Å²) in [7, 11) is 0. The van der Waals surface area contributed by atoms with E-state index in [1.54, 1.807) is 11.3 Å². The molecule has 2 atom stereocenters. The Morgan fingerprint density at radius 3 is 2.89 bits per heavy atom. The second-order valence-electron chi connectivity index (χ2n) is 4.97. The van der Waals surface area contributed by atoms with Crippen molar-refractivity contribution in [1.82, 2.24) is 4.90 Å². The number of aryl methyl sites for hydroxylation is 1. The Kier molecular flexibility index (Phi) is 4.45. The van der Waals surface area contributed by atoms with Crippen LogP contribution in [-0.4, -0.2) is 29.4 Å². The van der Waals surface area contributed by atoms with Crippen LogP contribution in [0.1, 0.15) is 41.4 Å². The third kappa shape index (κ3) is 2.78. The number of carbonyl (C=O) groups excluding carboxylic acids is 1. The Balaban J connectivity index is 2.23. The average Bonchev–Trinajstić information content (AvgIpc) is 2.67. The molecular formula is C13H19BrN2OS. The molecule has 2 N–H and O–H groups in total. The molecule has 2 heterocycles. The van der Waals surface area contributed by atoms with E-state index in [4.69, 9.17) is 5.73 Å². The molecule has 100 valence electrons. The van der Waals surface area contributed by atoms with Crippen molar-refractivity contribution in [3.05, 3.63) is 20.3 Å². The normalized spacial score (nSPS) is 22.0. The van der Waals surface area contributed by atoms with Crippen LogP contribution in [0.3, 0.4) is 0 Å². The van der Waals surface area contributed by atoms with Crippen LogP contribution >= 0.6 is 27.3 Å². The first-order chi connectivity index (χ1) is 8.50. The lowest BCUT2D eigenvalue weighted by molar-refractivity contribution is 0.0583. The van der Waals surface area contributed by atoms with Crippen LogP contribution in [0, 0.1) is 6.92 Å². The van der Waals surface area contributed by atoms with Gasteiger partial charge in [-0.05, 0) is 55.1 Å². The van der Waals surface area contributed by atoms with E-state index in [9.17, 15) is 4.79 Å². The molecule has 2 unspecified atom stereocenters. The molecule has 0 aliphatic carbocycles. The number of nitrogens with two attached hydrogens (primary N) is 1. The second-order valence-corrected chi connectivity index (χ2v) is 7.54. The van der Waals surface area contributed by atoms with Crippen molar-refractivity contribution < 1.29 is 4.79 Å². The van der Waals surface area contributed by atoms with Crippen molar-refractivity contribution in [2.24, 2.45) is 5.73 Å². The van der Waals surface area contributed by atoms with Gasteiger partial charge in [-0.15, -0.1) is 11.3 Å². The molecule has 2 rings (SSSR count). The number of carbonyl (C=O) groups is 1. The smallest absolute Gasteiger partial charge is 0.256 e. The summed E-state index contributed by atoms with van der Waals surface area (Å²) >= 11 is 5.09. The molecule has 5 heteroatoms. The van der Waals surface area contributed by atoms with E-state index in [2.05, 4.69) is 15.9 Å². The zero-order chi connectivity index (χ0) is 13.3. The molecule has 0 radical (unpaired) electrons. The van der Waals surface area contributed by atoms with E-state index >= 15 is 0 Å². The van der Waals surface area contributed by atoms with Crippen molar-refractivity contribution in [2.75, 3.05) is 6.54 Å². The monoisotopic (exact) mass is 330 g/mol. The van der Waals surface area contributed by atoms with Gasteiger partial charge in [0.1, 0.15) is 0 Å². The maximum Gasteiger partial charge on any atom is 0.256 e. The van der Waals surface area contributed by atoms with E-state index in [0.29, 0.717) is 0 Å². The van der Waals surface area contributed by atoms with E-state index in [0.717, 1.165) is 33.6 Å². The fourth-order valence-electron chi connectivity index (χ4n) is 2.54. The maximum atomic E-state index is 12.6. The SMILES string of the molecule is Cc1cc(C(=O)N2CCCCC2C(C)N)c(Br)s1. The Hall–Kier alpha value is -0.390. The first-order valence-electron chi connectivity index (χ1n) is 6.33. The van der Waals surface area contributed by atoms with E-state index in [1.165, 1.54) is 6.42 Å². The summed E-state index contributed by atoms with van der Waals surface area (Å²) in [5.41, 5.74) is 6.80. The number of likely N-dealkylation sites (tertiary alicyclic amines) is 1. The summed E-state index contributed by atoms with van der Waals surface area (Å²) in [4.78, 5) is 15.7. The summed E-state index contributed by atoms with van der Waals surface area (Å²) in [6, 6.07) is 2.18. The molecule has 0 saturated carbocycles. The zero-order valence-corrected chi connectivity index (χ0v) is 13.2. The second kappa shape index (κ2) is 5.72. The van der Waals surface area contributed by atoms with Crippen LogP contribution in [0.5, 0.6) is 0 Å². The van der Waals surface area contributed by atoms with Gasteiger partial charge in [-0.2, -0.15) is 0 Å². The van der Waals surface area contributed by atoms with E-state index in [-0.39, 0.29) is 18.0 Å². The Morgan fingerprint density at radius 1 is 1.61 bits per heavy atom. The third-order valence-electron chi connectivity index (χ3n) is 3.46. The molecular weight excluding hydrogens is 312 g/mol. The minimum atomic E-state index is 0.0350. The van der Waals surface area contributed by atoms with Crippen molar-refractivity contribution in [3.8, 4) is 0 Å². The molecule has 1 aromatic heterocycles. The first-order valence-corrected chi connectivity index (χ1v) is 7.94. The molecule has 0 spiro atoms. The lowest BCUT2D eigenvalue weighted by Crippen LogP contribution is -2.51. The quantitative estimate of drug-likeness (QED) is 0.905. The minimum absolute atomic E-state index is 0.0350. The fourth-order valence-corrected chi connectivity index (χ4v) is 4.31. The van der Waals surface area contributed by atoms with Crippen LogP contribution in [-0.2, 0) is 0 Å². The highest BCUT2D eigenvalue weighted by molar-refractivity contribution is 9.11. The predicted octanol–water partition coefficient (Wildman–Crippen LogP) is 3.16. The number of piperidine rings is 1. The van der Waals surface area contributed by atoms with Crippen LogP contribution < -0.4 is 5.73 Å². The van der Waals surface area contributed by atoms with Gasteiger partial charge < -0.3 is 10.6 Å². The summed E-state index contributed by atoms with van der Waals surface area (Å²) in [6.07, 6.45) is 3.26. The molecule has 1 saturated heterocycles. The fraction of sp³-hybridized carbons (Fsp3) is 0.615. The van der Waals surface area contributed by atoms with Crippen molar-refractivity contribution in [3.63, 3.8) is 0 Å². The van der Waals surface area contributed by atoms with Gasteiger partial charge in [0.15, 0.2) is 0 Å². The van der Waals surface area contributed by atoms with Gasteiger partial charge in [-0.3, -0.25) is 4.79 Å². The van der Waals surface area contributed by atoms with Crippen LogP contribution in [0.15, 0.2) is 9.85 Å². The Labute approximate surface area is 120 Å². The Bertz CT molecular complexity index is 444. The lowest BCUT2D eigenvalue weighted by atomic mass is 9.96. The molecule has 0 bridgehead atoms.